The summed E-state index contributed by atoms with van der Waals surface area (Å²) in [5.41, 5.74) is 2.84. The van der Waals surface area contributed by atoms with Crippen LogP contribution in [0.2, 0.25) is 5.02 Å². The molecule has 2 aliphatic carbocycles. The monoisotopic (exact) mass is 575 g/mol. The molecule has 1 saturated heterocycles. The second-order valence-corrected chi connectivity index (χ2v) is 12.3. The lowest BCUT2D eigenvalue weighted by molar-refractivity contribution is -0.160. The SMILES string of the molecule is CC(CC(=O)ONC(=O)[C@H](CC1CCCCC1)NC(=O)OCc1cccc(Cl)c1)C1CC2(CCCCC2)NC1=O. The fraction of sp³-hybridized carbons (Fsp3) is 0.667. The first-order valence-electron chi connectivity index (χ1n) is 14.7. The average molecular weight is 576 g/mol. The van der Waals surface area contributed by atoms with Gasteiger partial charge in [-0.1, -0.05) is 82.0 Å². The van der Waals surface area contributed by atoms with Crippen molar-refractivity contribution in [1.82, 2.24) is 16.1 Å². The van der Waals surface area contributed by atoms with E-state index in [-0.39, 0.29) is 42.2 Å². The van der Waals surface area contributed by atoms with E-state index in [9.17, 15) is 19.2 Å². The molecule has 0 bridgehead atoms. The molecule has 4 rings (SSSR count). The Bertz CT molecular complexity index is 1050. The van der Waals surface area contributed by atoms with Crippen LogP contribution in [0.15, 0.2) is 24.3 Å². The molecule has 2 unspecified atom stereocenters. The third kappa shape index (κ3) is 8.59. The Hall–Kier alpha value is -2.81. The molecule has 1 aliphatic heterocycles. The Morgan fingerprint density at radius 1 is 1.10 bits per heavy atom. The number of hydrogen-bond donors (Lipinski definition) is 3. The molecule has 3 N–H and O–H groups in total. The van der Waals surface area contributed by atoms with Crippen molar-refractivity contribution in [2.24, 2.45) is 17.8 Å². The third-order valence-electron chi connectivity index (χ3n) is 8.75. The predicted molar refractivity (Wildman–Crippen MR) is 150 cm³/mol. The molecule has 1 aromatic carbocycles. The van der Waals surface area contributed by atoms with Crippen LogP contribution >= 0.6 is 11.6 Å². The number of alkyl carbamates (subject to hydrolysis) is 1. The summed E-state index contributed by atoms with van der Waals surface area (Å²) in [7, 11) is 0. The minimum absolute atomic E-state index is 0.000678. The third-order valence-corrected chi connectivity index (χ3v) is 8.98. The van der Waals surface area contributed by atoms with Gasteiger partial charge < -0.3 is 20.2 Å². The second-order valence-electron chi connectivity index (χ2n) is 11.9. The number of carbonyl (C=O) groups is 4. The van der Waals surface area contributed by atoms with Gasteiger partial charge in [0.05, 0.1) is 6.42 Å². The minimum atomic E-state index is -0.910. The van der Waals surface area contributed by atoms with Crippen molar-refractivity contribution in [2.45, 2.75) is 109 Å². The number of benzene rings is 1. The van der Waals surface area contributed by atoms with Crippen LogP contribution in [-0.4, -0.2) is 35.5 Å². The zero-order valence-corrected chi connectivity index (χ0v) is 24.1. The van der Waals surface area contributed by atoms with Gasteiger partial charge in [-0.3, -0.25) is 9.59 Å². The van der Waals surface area contributed by atoms with E-state index in [1.807, 2.05) is 6.92 Å². The smallest absolute Gasteiger partial charge is 0.408 e. The van der Waals surface area contributed by atoms with Crippen LogP contribution in [0.5, 0.6) is 0 Å². The van der Waals surface area contributed by atoms with Crippen molar-refractivity contribution >= 4 is 35.5 Å². The number of hydrogen-bond acceptors (Lipinski definition) is 6. The molecule has 3 aliphatic rings. The zero-order chi connectivity index (χ0) is 28.5. The molecular formula is C30H42ClN3O6. The first-order chi connectivity index (χ1) is 19.2. The Labute approximate surface area is 241 Å². The van der Waals surface area contributed by atoms with Gasteiger partial charge in [-0.25, -0.2) is 9.59 Å². The first kappa shape index (κ1) is 30.2. The highest BCUT2D eigenvalue weighted by Gasteiger charge is 2.46. The first-order valence-corrected chi connectivity index (χ1v) is 15.1. The van der Waals surface area contributed by atoms with Crippen molar-refractivity contribution in [3.63, 3.8) is 0 Å². The zero-order valence-electron chi connectivity index (χ0n) is 23.3. The van der Waals surface area contributed by atoms with E-state index in [1.165, 1.54) is 12.8 Å². The minimum Gasteiger partial charge on any atom is -0.445 e. The normalized spacial score (nSPS) is 22.1. The second kappa shape index (κ2) is 14.2. The molecular weight excluding hydrogens is 534 g/mol. The van der Waals surface area contributed by atoms with Crippen LogP contribution in [0.3, 0.4) is 0 Å². The molecule has 3 atom stereocenters. The molecule has 0 radical (unpaired) electrons. The lowest BCUT2D eigenvalue weighted by atomic mass is 9.76. The van der Waals surface area contributed by atoms with Gasteiger partial charge in [0.1, 0.15) is 12.6 Å². The Morgan fingerprint density at radius 3 is 2.55 bits per heavy atom. The van der Waals surface area contributed by atoms with E-state index in [2.05, 4.69) is 16.1 Å². The highest BCUT2D eigenvalue weighted by atomic mass is 35.5. The van der Waals surface area contributed by atoms with Gasteiger partial charge in [0.2, 0.25) is 5.91 Å². The van der Waals surface area contributed by atoms with Gasteiger partial charge in [0.25, 0.3) is 5.91 Å². The van der Waals surface area contributed by atoms with E-state index in [1.54, 1.807) is 24.3 Å². The highest BCUT2D eigenvalue weighted by molar-refractivity contribution is 6.30. The van der Waals surface area contributed by atoms with Crippen LogP contribution in [-0.2, 0) is 30.6 Å². The topological polar surface area (TPSA) is 123 Å². The summed E-state index contributed by atoms with van der Waals surface area (Å²) in [5.74, 6) is -1.41. The van der Waals surface area contributed by atoms with Gasteiger partial charge in [0, 0.05) is 16.5 Å². The lowest BCUT2D eigenvalue weighted by Gasteiger charge is -2.33. The van der Waals surface area contributed by atoms with Crippen molar-refractivity contribution in [3.8, 4) is 0 Å². The fourth-order valence-electron chi connectivity index (χ4n) is 6.51. The van der Waals surface area contributed by atoms with Crippen LogP contribution in [0.25, 0.3) is 0 Å². The summed E-state index contributed by atoms with van der Waals surface area (Å²) in [4.78, 5) is 56.0. The molecule has 2 saturated carbocycles. The highest BCUT2D eigenvalue weighted by Crippen LogP contribution is 2.41. The molecule has 0 aromatic heterocycles. The Balaban J connectivity index is 1.27. The number of ether oxygens (including phenoxy) is 1. The summed E-state index contributed by atoms with van der Waals surface area (Å²) in [5, 5.41) is 6.38. The summed E-state index contributed by atoms with van der Waals surface area (Å²) < 4.78 is 5.31. The van der Waals surface area contributed by atoms with Crippen molar-refractivity contribution in [3.05, 3.63) is 34.9 Å². The Morgan fingerprint density at radius 2 is 1.82 bits per heavy atom. The molecule has 1 heterocycles. The number of halogens is 1. The lowest BCUT2D eigenvalue weighted by Crippen LogP contribution is -2.48. The Kier molecular flexibility index (Phi) is 10.7. The van der Waals surface area contributed by atoms with Crippen LogP contribution in [0.4, 0.5) is 4.79 Å². The van der Waals surface area contributed by atoms with Gasteiger partial charge in [-0.05, 0) is 55.2 Å². The quantitative estimate of drug-likeness (QED) is 0.341. The number of hydroxylamine groups is 1. The fourth-order valence-corrected chi connectivity index (χ4v) is 6.72. The molecule has 1 aromatic rings. The number of carbonyl (C=O) groups excluding carboxylic acids is 4. The van der Waals surface area contributed by atoms with E-state index in [0.29, 0.717) is 11.4 Å². The van der Waals surface area contributed by atoms with Gasteiger partial charge >= 0.3 is 12.1 Å². The van der Waals surface area contributed by atoms with Crippen molar-refractivity contribution in [1.29, 1.82) is 0 Å². The molecule has 3 amide bonds. The number of nitrogens with one attached hydrogen (secondary N) is 3. The molecule has 9 nitrogen and oxygen atoms in total. The molecule has 40 heavy (non-hydrogen) atoms. The van der Waals surface area contributed by atoms with Crippen molar-refractivity contribution in [2.75, 3.05) is 0 Å². The number of rotatable bonds is 9. The summed E-state index contributed by atoms with van der Waals surface area (Å²) in [6.45, 7) is 1.88. The number of amides is 3. The van der Waals surface area contributed by atoms with Gasteiger partial charge in [0.15, 0.2) is 0 Å². The average Bonchev–Trinajstić information content (AvgIpc) is 3.26. The summed E-state index contributed by atoms with van der Waals surface area (Å²) in [6, 6.07) is 6.07. The van der Waals surface area contributed by atoms with Crippen LogP contribution in [0.1, 0.15) is 96.0 Å². The maximum absolute atomic E-state index is 13.0. The largest absolute Gasteiger partial charge is 0.445 e. The maximum Gasteiger partial charge on any atom is 0.408 e. The summed E-state index contributed by atoms with van der Waals surface area (Å²) >= 11 is 5.99. The van der Waals surface area contributed by atoms with Gasteiger partial charge in [-0.15, -0.1) is 0 Å². The molecule has 220 valence electrons. The maximum atomic E-state index is 13.0. The summed E-state index contributed by atoms with van der Waals surface area (Å²) in [6.07, 6.45) is 11.1. The van der Waals surface area contributed by atoms with Crippen molar-refractivity contribution < 1.29 is 28.8 Å². The standard InChI is InChI=1S/C30H42ClN3O6/c1-20(24-18-30(33-27(24)36)13-6-3-7-14-30)15-26(35)40-34-28(37)25(17-21-9-4-2-5-10-21)32-29(38)39-19-22-11-8-12-23(31)16-22/h8,11-12,16,20-21,24-25H,2-7,9-10,13-15,17-19H2,1H3,(H,32,38)(H,33,36)(H,34,37)/t20?,24?,25-/m0/s1. The van der Waals surface area contributed by atoms with E-state index < -0.39 is 24.0 Å². The van der Waals surface area contributed by atoms with Crippen LogP contribution < -0.4 is 16.1 Å². The predicted octanol–water partition coefficient (Wildman–Crippen LogP) is 5.34. The van der Waals surface area contributed by atoms with E-state index in [4.69, 9.17) is 21.2 Å². The van der Waals surface area contributed by atoms with E-state index >= 15 is 0 Å². The molecule has 10 heteroatoms. The van der Waals surface area contributed by atoms with Crippen LogP contribution in [0, 0.1) is 17.8 Å². The molecule has 3 fully saturated rings. The van der Waals surface area contributed by atoms with E-state index in [0.717, 1.165) is 63.4 Å². The van der Waals surface area contributed by atoms with Gasteiger partial charge in [-0.2, -0.15) is 5.48 Å². The molecule has 1 spiro atoms.